The molecule has 0 radical (unpaired) electrons. The average molecular weight is 1170 g/mol. The quantitative estimate of drug-likeness (QED) is 0.0804. The minimum Gasteiger partial charge on any atom is -0.343 e. The number of carbonyl (C=O) groups is 10. The number of hydrogen-bond acceptors (Lipinski definition) is 14. The van der Waals surface area contributed by atoms with E-state index in [1.807, 2.05) is 27.7 Å². The fraction of sp³-hybridized carbons (Fsp3) is 0.633. The molecule has 84 heavy (non-hydrogen) atoms. The SMILES string of the molecule is CC(C)C[C@@H]1NC(=O)[C@H](CCCN)N(N)C(=O)[C@H](C(C)C)NC(=O)[C@@H]2CCCN2C(=O)[C@@H](Cc2ccccc2)N(N)C(=O)[C@H](CC(C)C)NC(=O)[C@H](CCCN)NC(=O)[C@H](C(C)C)NC(=O)[C@@H]2CCCN2C(=O)[C@@H](Cc2ccccc2)NC1=O. The number of nitrogens with zero attached hydrogens (tertiary/aromatic N) is 4. The number of rotatable bonds is 16. The van der Waals surface area contributed by atoms with Crippen molar-refractivity contribution in [3.63, 3.8) is 0 Å². The summed E-state index contributed by atoms with van der Waals surface area (Å²) in [5.41, 5.74) is 13.2. The Morgan fingerprint density at radius 2 is 0.881 bits per heavy atom. The van der Waals surface area contributed by atoms with Crippen LogP contribution in [0.15, 0.2) is 60.7 Å². The van der Waals surface area contributed by atoms with Gasteiger partial charge in [0.15, 0.2) is 0 Å². The molecule has 14 N–H and O–H groups in total. The summed E-state index contributed by atoms with van der Waals surface area (Å²) in [4.78, 5) is 150. The van der Waals surface area contributed by atoms with Crippen molar-refractivity contribution in [1.29, 1.82) is 0 Å². The Morgan fingerprint density at radius 3 is 1.40 bits per heavy atom. The maximum atomic E-state index is 15.1. The predicted molar refractivity (Wildman–Crippen MR) is 316 cm³/mol. The van der Waals surface area contributed by atoms with Crippen LogP contribution < -0.4 is 55.1 Å². The molecule has 10 atom stereocenters. The Labute approximate surface area is 494 Å². The maximum absolute atomic E-state index is 15.1. The van der Waals surface area contributed by atoms with Crippen molar-refractivity contribution >= 4 is 59.1 Å². The Kier molecular flexibility index (Phi) is 26.1. The van der Waals surface area contributed by atoms with Crippen molar-refractivity contribution in [1.82, 2.24) is 51.7 Å². The van der Waals surface area contributed by atoms with Gasteiger partial charge in [0.1, 0.15) is 60.4 Å². The van der Waals surface area contributed by atoms with Gasteiger partial charge in [0.05, 0.1) is 0 Å². The molecule has 24 nitrogen and oxygen atoms in total. The monoisotopic (exact) mass is 1170 g/mol. The summed E-state index contributed by atoms with van der Waals surface area (Å²) in [5, 5.41) is 18.5. The normalized spacial score (nSPS) is 26.5. The van der Waals surface area contributed by atoms with Gasteiger partial charge in [-0.25, -0.2) is 11.7 Å². The van der Waals surface area contributed by atoms with Crippen LogP contribution in [0.1, 0.15) is 131 Å². The number of nitrogens with two attached hydrogens (primary N) is 4. The first-order valence-electron chi connectivity index (χ1n) is 29.9. The van der Waals surface area contributed by atoms with E-state index in [4.69, 9.17) is 23.2 Å². The zero-order valence-electron chi connectivity index (χ0n) is 50.4. The van der Waals surface area contributed by atoms with Crippen LogP contribution >= 0.6 is 0 Å². The number of nitrogens with one attached hydrogen (secondary N) is 6. The smallest absolute Gasteiger partial charge is 0.260 e. The van der Waals surface area contributed by atoms with E-state index in [2.05, 4.69) is 31.9 Å². The third kappa shape index (κ3) is 18.5. The summed E-state index contributed by atoms with van der Waals surface area (Å²) in [6.07, 6.45) is 1.77. The lowest BCUT2D eigenvalue weighted by Gasteiger charge is -2.36. The molecular formula is C60H94N14O10. The molecule has 464 valence electrons. The number of hydrogen-bond donors (Lipinski definition) is 10. The van der Waals surface area contributed by atoms with E-state index in [0.29, 0.717) is 24.0 Å². The van der Waals surface area contributed by atoms with Gasteiger partial charge in [0, 0.05) is 25.9 Å². The van der Waals surface area contributed by atoms with Crippen molar-refractivity contribution in [3.8, 4) is 0 Å². The third-order valence-electron chi connectivity index (χ3n) is 15.8. The average Bonchev–Trinajstić information content (AvgIpc) is 4.27. The summed E-state index contributed by atoms with van der Waals surface area (Å²) in [5.74, 6) is 4.70. The van der Waals surface area contributed by atoms with Crippen LogP contribution in [0.3, 0.4) is 0 Å². The van der Waals surface area contributed by atoms with Crippen LogP contribution in [-0.4, -0.2) is 165 Å². The van der Waals surface area contributed by atoms with E-state index in [9.17, 15) is 43.2 Å². The van der Waals surface area contributed by atoms with Crippen molar-refractivity contribution in [2.45, 2.75) is 193 Å². The molecule has 0 aromatic heterocycles. The van der Waals surface area contributed by atoms with Crippen LogP contribution in [-0.2, 0) is 60.8 Å². The largest absolute Gasteiger partial charge is 0.343 e. The molecule has 3 aliphatic heterocycles. The Balaban J connectivity index is 1.62. The van der Waals surface area contributed by atoms with Crippen molar-refractivity contribution < 1.29 is 47.9 Å². The zero-order chi connectivity index (χ0) is 61.9. The molecule has 5 rings (SSSR count). The molecular weight excluding hydrogens is 1080 g/mol. The number of amides is 10. The van der Waals surface area contributed by atoms with E-state index < -0.39 is 131 Å². The number of benzene rings is 2. The van der Waals surface area contributed by atoms with Gasteiger partial charge in [-0.3, -0.25) is 58.0 Å². The van der Waals surface area contributed by atoms with E-state index in [0.717, 1.165) is 10.0 Å². The van der Waals surface area contributed by atoms with Crippen LogP contribution in [0.25, 0.3) is 0 Å². The fourth-order valence-corrected chi connectivity index (χ4v) is 11.2. The lowest BCUT2D eigenvalue weighted by molar-refractivity contribution is -0.151. The highest BCUT2D eigenvalue weighted by Gasteiger charge is 2.45. The first-order valence-corrected chi connectivity index (χ1v) is 29.9. The van der Waals surface area contributed by atoms with Gasteiger partial charge in [-0.15, -0.1) is 0 Å². The van der Waals surface area contributed by atoms with Gasteiger partial charge in [-0.2, -0.15) is 0 Å². The van der Waals surface area contributed by atoms with E-state index in [1.165, 1.54) is 9.80 Å². The first kappa shape index (κ1) is 67.8. The second-order valence-corrected chi connectivity index (χ2v) is 24.1. The van der Waals surface area contributed by atoms with E-state index in [-0.39, 0.29) is 102 Å². The third-order valence-corrected chi connectivity index (χ3v) is 15.8. The van der Waals surface area contributed by atoms with Crippen LogP contribution in [0.5, 0.6) is 0 Å². The number of carbonyl (C=O) groups excluding carboxylic acids is 10. The van der Waals surface area contributed by atoms with Gasteiger partial charge < -0.3 is 53.2 Å². The Morgan fingerprint density at radius 1 is 0.440 bits per heavy atom. The molecule has 3 saturated heterocycles. The summed E-state index contributed by atoms with van der Waals surface area (Å²) in [7, 11) is 0. The van der Waals surface area contributed by atoms with Crippen molar-refractivity contribution in [3.05, 3.63) is 71.8 Å². The second kappa shape index (κ2) is 32.3. The van der Waals surface area contributed by atoms with Crippen molar-refractivity contribution in [2.75, 3.05) is 26.2 Å². The lowest BCUT2D eigenvalue weighted by atomic mass is 9.98. The molecule has 0 saturated carbocycles. The Hall–Kier alpha value is -7.02. The molecule has 24 heteroatoms. The molecule has 10 amide bonds. The molecule has 0 bridgehead atoms. The molecule has 3 fully saturated rings. The number of hydrazine groups is 2. The highest BCUT2D eigenvalue weighted by Crippen LogP contribution is 2.25. The fourth-order valence-electron chi connectivity index (χ4n) is 11.2. The van der Waals surface area contributed by atoms with E-state index >= 15 is 4.79 Å². The summed E-state index contributed by atoms with van der Waals surface area (Å²) in [6.45, 7) is 14.6. The molecule has 2 aromatic carbocycles. The van der Waals surface area contributed by atoms with Crippen molar-refractivity contribution in [2.24, 2.45) is 46.8 Å². The molecule has 0 spiro atoms. The van der Waals surface area contributed by atoms with Crippen LogP contribution in [0, 0.1) is 23.7 Å². The first-order chi connectivity index (χ1) is 39.9. The van der Waals surface area contributed by atoms with Gasteiger partial charge >= 0.3 is 0 Å². The van der Waals surface area contributed by atoms with Gasteiger partial charge in [-0.05, 0) is 112 Å². The summed E-state index contributed by atoms with van der Waals surface area (Å²) >= 11 is 0. The van der Waals surface area contributed by atoms with Crippen LogP contribution in [0.2, 0.25) is 0 Å². The molecule has 0 aliphatic carbocycles. The van der Waals surface area contributed by atoms with E-state index in [1.54, 1.807) is 88.4 Å². The van der Waals surface area contributed by atoms with Crippen LogP contribution in [0.4, 0.5) is 0 Å². The second-order valence-electron chi connectivity index (χ2n) is 24.1. The predicted octanol–water partition coefficient (Wildman–Crippen LogP) is 0.400. The maximum Gasteiger partial charge on any atom is 0.260 e. The van der Waals surface area contributed by atoms with Gasteiger partial charge in [0.25, 0.3) is 11.8 Å². The highest BCUT2D eigenvalue weighted by molar-refractivity contribution is 6.00. The topological polar surface area (TPSA) is 360 Å². The molecule has 3 heterocycles. The summed E-state index contributed by atoms with van der Waals surface area (Å²) in [6, 6.07) is 5.12. The molecule has 2 aromatic rings. The number of fused-ring (bicyclic) bond motifs is 2. The zero-order valence-corrected chi connectivity index (χ0v) is 50.4. The van der Waals surface area contributed by atoms with Gasteiger partial charge in [0.2, 0.25) is 47.3 Å². The summed E-state index contributed by atoms with van der Waals surface area (Å²) < 4.78 is 0. The van der Waals surface area contributed by atoms with Gasteiger partial charge in [-0.1, -0.05) is 116 Å². The highest BCUT2D eigenvalue weighted by atomic mass is 16.2. The standard InChI is InChI=1S/C60H94N14O10/c1-35(2)31-42-52(76)68-44(33-39-19-11-9-12-20-39)57(81)71-29-17-25-45(71)53(77)69-49(37(5)6)56(80)65-41(23-15-27-61)51(75)67-43(32-36(3)4)58(82)74(64)48(34-40-21-13-10-14-22-40)59(83)72-30-18-26-46(72)54(78)70-50(38(7)8)60(84)73(63)47(24-16-28-62)55(79)66-42/h9-14,19-22,35-38,41-50H,15-18,23-34,61-64H2,1-8H3,(H,65,80)(H,66,79)(H,67,75)(H,68,76)(H,69,77)(H,70,78)/t41-,42-,43-,44+,45-,46-,47-,48+,49-,50-/m0/s1. The molecule has 0 unspecified atom stereocenters. The lowest BCUT2D eigenvalue weighted by Crippen LogP contribution is -2.64. The Bertz CT molecular complexity index is 2570. The minimum atomic E-state index is -1.41. The molecule has 3 aliphatic rings. The minimum absolute atomic E-state index is 0.00235.